The number of phenols is 1. The molecule has 1 aromatic heterocycles. The molecule has 3 aromatic rings. The number of hydrogen-bond acceptors (Lipinski definition) is 7. The Morgan fingerprint density at radius 2 is 1.61 bits per heavy atom. The van der Waals surface area contributed by atoms with Crippen molar-refractivity contribution < 1.29 is 23.4 Å². The molecule has 0 saturated carbocycles. The van der Waals surface area contributed by atoms with Crippen LogP contribution < -0.4 is 14.8 Å². The number of benzene rings is 2. The molecule has 0 atom stereocenters. The average molecular weight is 403 g/mol. The van der Waals surface area contributed by atoms with E-state index >= 15 is 0 Å². The van der Waals surface area contributed by atoms with Gasteiger partial charge in [-0.1, -0.05) is 0 Å². The number of nitrogens with one attached hydrogen (secondary N) is 2. The summed E-state index contributed by atoms with van der Waals surface area (Å²) < 4.78 is 32.8. The maximum absolute atomic E-state index is 12.6. The number of phenolic OH excluding ortho intramolecular Hbond substituents is 1. The van der Waals surface area contributed by atoms with Crippen molar-refractivity contribution in [1.29, 1.82) is 0 Å². The zero-order valence-electron chi connectivity index (χ0n) is 15.3. The van der Waals surface area contributed by atoms with Gasteiger partial charge in [0.2, 0.25) is 0 Å². The fourth-order valence-corrected chi connectivity index (χ4v) is 3.29. The Kier molecular flexibility index (Phi) is 7.19. The van der Waals surface area contributed by atoms with Crippen LogP contribution in [0.25, 0.3) is 0 Å². The number of anilines is 3. The molecule has 4 N–H and O–H groups in total. The fraction of sp³-hybridized carbons (Fsp3) is 0.105. The summed E-state index contributed by atoms with van der Waals surface area (Å²) in [6.45, 7) is 0. The van der Waals surface area contributed by atoms with Crippen LogP contribution in [0.5, 0.6) is 11.5 Å². The lowest BCUT2D eigenvalue weighted by Crippen LogP contribution is -2.14. The molecular weight excluding hydrogens is 382 g/mol. The highest BCUT2D eigenvalue weighted by Crippen LogP contribution is 2.26. The number of hydrogen-bond donors (Lipinski definition) is 4. The highest BCUT2D eigenvalue weighted by molar-refractivity contribution is 7.92. The molecule has 0 aliphatic heterocycles. The molecule has 0 fully saturated rings. The maximum atomic E-state index is 12.6. The van der Waals surface area contributed by atoms with Crippen molar-refractivity contribution in [3.05, 3.63) is 66.9 Å². The predicted octanol–water partition coefficient (Wildman–Crippen LogP) is 2.95. The smallest absolute Gasteiger partial charge is 0.262 e. The normalized spacial score (nSPS) is 10.4. The zero-order valence-corrected chi connectivity index (χ0v) is 16.1. The van der Waals surface area contributed by atoms with Crippen LogP contribution in [0.3, 0.4) is 0 Å². The topological polar surface area (TPSA) is 121 Å². The number of pyridine rings is 1. The van der Waals surface area contributed by atoms with Crippen LogP contribution in [0.15, 0.2) is 71.8 Å². The molecule has 0 radical (unpaired) electrons. The molecule has 0 aliphatic carbocycles. The Balaban J connectivity index is 0.00000136. The number of sulfonamides is 1. The molecular formula is C19H21N3O5S. The Morgan fingerprint density at radius 1 is 0.964 bits per heavy atom. The molecule has 28 heavy (non-hydrogen) atoms. The van der Waals surface area contributed by atoms with Gasteiger partial charge in [0.25, 0.3) is 10.0 Å². The molecule has 0 saturated heterocycles. The molecule has 148 valence electrons. The summed E-state index contributed by atoms with van der Waals surface area (Å²) in [5, 5.41) is 19.4. The molecule has 2 aromatic carbocycles. The molecule has 0 aliphatic rings. The van der Waals surface area contributed by atoms with Gasteiger partial charge < -0.3 is 20.3 Å². The Labute approximate surface area is 163 Å². The van der Waals surface area contributed by atoms with Crippen molar-refractivity contribution in [2.24, 2.45) is 0 Å². The first-order valence-corrected chi connectivity index (χ1v) is 9.59. The lowest BCUT2D eigenvalue weighted by atomic mass is 10.3. The third kappa shape index (κ3) is 5.35. The fourth-order valence-electron chi connectivity index (χ4n) is 2.23. The number of aliphatic hydroxyl groups excluding tert-OH is 1. The quantitative estimate of drug-likeness (QED) is 0.467. The molecule has 1 heterocycles. The van der Waals surface area contributed by atoms with Crippen LogP contribution in [0.4, 0.5) is 17.2 Å². The number of aromatic hydroxyl groups is 1. The van der Waals surface area contributed by atoms with Gasteiger partial charge in [-0.25, -0.2) is 13.4 Å². The van der Waals surface area contributed by atoms with E-state index in [1.165, 1.54) is 31.4 Å². The van der Waals surface area contributed by atoms with Crippen molar-refractivity contribution >= 4 is 27.2 Å². The van der Waals surface area contributed by atoms with E-state index in [1.54, 1.807) is 42.6 Å². The van der Waals surface area contributed by atoms with Gasteiger partial charge in [-0.3, -0.25) is 4.72 Å². The number of rotatable bonds is 6. The van der Waals surface area contributed by atoms with Crippen molar-refractivity contribution in [1.82, 2.24) is 4.98 Å². The average Bonchev–Trinajstić information content (AvgIpc) is 2.72. The van der Waals surface area contributed by atoms with Crippen LogP contribution in [-0.4, -0.2) is 37.8 Å². The minimum atomic E-state index is -3.79. The Morgan fingerprint density at radius 3 is 2.21 bits per heavy atom. The van der Waals surface area contributed by atoms with E-state index < -0.39 is 10.0 Å². The van der Waals surface area contributed by atoms with Crippen LogP contribution >= 0.6 is 0 Å². The van der Waals surface area contributed by atoms with Crippen LogP contribution in [0.2, 0.25) is 0 Å². The summed E-state index contributed by atoms with van der Waals surface area (Å²) >= 11 is 0. The molecule has 0 spiro atoms. The third-order valence-electron chi connectivity index (χ3n) is 3.55. The van der Waals surface area contributed by atoms with Gasteiger partial charge in [0.15, 0.2) is 5.82 Å². The van der Waals surface area contributed by atoms with Crippen LogP contribution in [-0.2, 0) is 10.0 Å². The van der Waals surface area contributed by atoms with Crippen LogP contribution in [0, 0.1) is 0 Å². The van der Waals surface area contributed by atoms with Crippen molar-refractivity contribution in [2.75, 3.05) is 24.3 Å². The van der Waals surface area contributed by atoms with Gasteiger partial charge in [-0.15, -0.1) is 0 Å². The van der Waals surface area contributed by atoms with E-state index in [0.717, 1.165) is 7.11 Å². The molecule has 9 heteroatoms. The first kappa shape index (κ1) is 21.0. The minimum Gasteiger partial charge on any atom is -0.508 e. The molecule has 0 amide bonds. The van der Waals surface area contributed by atoms with Gasteiger partial charge in [0, 0.05) is 19.0 Å². The highest BCUT2D eigenvalue weighted by atomic mass is 32.2. The first-order valence-electron chi connectivity index (χ1n) is 8.10. The van der Waals surface area contributed by atoms with E-state index in [2.05, 4.69) is 15.0 Å². The summed E-state index contributed by atoms with van der Waals surface area (Å²) in [7, 11) is -1.27. The minimum absolute atomic E-state index is 0.109. The van der Waals surface area contributed by atoms with Crippen molar-refractivity contribution in [2.45, 2.75) is 4.90 Å². The van der Waals surface area contributed by atoms with Crippen molar-refractivity contribution in [3.63, 3.8) is 0 Å². The van der Waals surface area contributed by atoms with Crippen molar-refractivity contribution in [3.8, 4) is 11.5 Å². The zero-order chi connectivity index (χ0) is 20.6. The number of methoxy groups -OCH3 is 1. The van der Waals surface area contributed by atoms with E-state index in [-0.39, 0.29) is 10.6 Å². The van der Waals surface area contributed by atoms with Gasteiger partial charge in [0.05, 0.1) is 17.7 Å². The molecule has 0 unspecified atom stereocenters. The van der Waals surface area contributed by atoms with E-state index in [1.807, 2.05) is 0 Å². The van der Waals surface area contributed by atoms with Gasteiger partial charge in [-0.2, -0.15) is 0 Å². The lowest BCUT2D eigenvalue weighted by Gasteiger charge is -2.13. The molecule has 3 rings (SSSR count). The maximum Gasteiger partial charge on any atom is 0.262 e. The second kappa shape index (κ2) is 9.58. The summed E-state index contributed by atoms with van der Waals surface area (Å²) in [5.74, 6) is 1.05. The number of nitrogens with zero attached hydrogens (tertiary/aromatic N) is 1. The summed E-state index contributed by atoms with van der Waals surface area (Å²) in [6, 6.07) is 15.7. The van der Waals surface area contributed by atoms with E-state index in [9.17, 15) is 13.5 Å². The van der Waals surface area contributed by atoms with E-state index in [0.29, 0.717) is 22.9 Å². The molecule has 8 nitrogen and oxygen atoms in total. The van der Waals surface area contributed by atoms with E-state index in [4.69, 9.17) is 9.84 Å². The first-order chi connectivity index (χ1) is 13.5. The largest absolute Gasteiger partial charge is 0.508 e. The van der Waals surface area contributed by atoms with Crippen LogP contribution in [0.1, 0.15) is 0 Å². The number of ether oxygens (including phenoxy) is 1. The van der Waals surface area contributed by atoms with Gasteiger partial charge in [-0.05, 0) is 60.7 Å². The van der Waals surface area contributed by atoms with Gasteiger partial charge >= 0.3 is 0 Å². The standard InChI is InChI=1S/C18H17N3O4S.CH4O/c1-25-15-8-10-16(11-9-15)26(23,24)21-17-3-2-12-19-18(17)20-13-4-6-14(22)7-5-13;1-2/h2-12,21-22H,1H3,(H,19,20);2H,1H3. The second-order valence-corrected chi connectivity index (χ2v) is 7.03. The summed E-state index contributed by atoms with van der Waals surface area (Å²) in [6.07, 6.45) is 1.55. The Hall–Kier alpha value is -3.30. The molecule has 0 bridgehead atoms. The Bertz CT molecular complexity index is 991. The number of aromatic nitrogens is 1. The summed E-state index contributed by atoms with van der Waals surface area (Å²) in [5.41, 5.74) is 0.961. The SMILES string of the molecule is CO.COc1ccc(S(=O)(=O)Nc2cccnc2Nc2ccc(O)cc2)cc1. The third-order valence-corrected chi connectivity index (χ3v) is 4.93. The summed E-state index contributed by atoms with van der Waals surface area (Å²) in [4.78, 5) is 4.29. The van der Waals surface area contributed by atoms with Gasteiger partial charge in [0.1, 0.15) is 11.5 Å². The predicted molar refractivity (Wildman–Crippen MR) is 108 cm³/mol. The monoisotopic (exact) mass is 403 g/mol. The second-order valence-electron chi connectivity index (χ2n) is 5.35. The lowest BCUT2D eigenvalue weighted by molar-refractivity contribution is 0.399. The number of aliphatic hydroxyl groups is 1. The highest BCUT2D eigenvalue weighted by Gasteiger charge is 2.16.